The van der Waals surface area contributed by atoms with E-state index >= 15 is 0 Å². The van der Waals surface area contributed by atoms with Gasteiger partial charge in [0.05, 0.1) is 12.8 Å². The number of halogens is 1. The Kier molecular flexibility index (Phi) is 9.18. The van der Waals surface area contributed by atoms with Crippen LogP contribution in [0.2, 0.25) is 0 Å². The van der Waals surface area contributed by atoms with E-state index < -0.39 is 29.6 Å². The van der Waals surface area contributed by atoms with Crippen LogP contribution in [0.3, 0.4) is 0 Å². The number of carbonyl (C=O) groups is 3. The summed E-state index contributed by atoms with van der Waals surface area (Å²) in [6.07, 6.45) is 0.734. The molecule has 1 aromatic heterocycles. The van der Waals surface area contributed by atoms with E-state index in [1.807, 2.05) is 13.8 Å². The van der Waals surface area contributed by atoms with Crippen molar-refractivity contribution < 1.29 is 23.5 Å². The van der Waals surface area contributed by atoms with Crippen LogP contribution in [0.15, 0.2) is 48.5 Å². The second kappa shape index (κ2) is 12.3. The first-order valence-corrected chi connectivity index (χ1v) is 12.4. The van der Waals surface area contributed by atoms with Crippen molar-refractivity contribution in [1.82, 2.24) is 14.6 Å². The van der Waals surface area contributed by atoms with Crippen LogP contribution in [0.5, 0.6) is 5.75 Å². The first-order chi connectivity index (χ1) is 17.6. The Balaban J connectivity index is 2.08. The van der Waals surface area contributed by atoms with Gasteiger partial charge in [-0.2, -0.15) is 4.37 Å². The summed E-state index contributed by atoms with van der Waals surface area (Å²) in [5.41, 5.74) is 12.1. The number of methoxy groups -OCH3 is 1. The van der Waals surface area contributed by atoms with Crippen molar-refractivity contribution in [3.05, 3.63) is 76.0 Å². The Labute approximate surface area is 218 Å². The number of primary amides is 1. The Bertz CT molecular complexity index is 1240. The van der Waals surface area contributed by atoms with Gasteiger partial charge in [0, 0.05) is 13.1 Å². The summed E-state index contributed by atoms with van der Waals surface area (Å²) in [6.45, 7) is 4.47. The van der Waals surface area contributed by atoms with Crippen LogP contribution in [-0.4, -0.2) is 40.6 Å². The highest BCUT2D eigenvalue weighted by molar-refractivity contribution is 7.09. The van der Waals surface area contributed by atoms with Gasteiger partial charge >= 0.3 is 0 Å². The van der Waals surface area contributed by atoms with Gasteiger partial charge < -0.3 is 26.4 Å². The Hall–Kier alpha value is -3.99. The van der Waals surface area contributed by atoms with E-state index in [2.05, 4.69) is 9.69 Å². The molecule has 1 heterocycles. The monoisotopic (exact) mass is 527 g/mol. The molecule has 1 atom stereocenters. The molecule has 196 valence electrons. The van der Waals surface area contributed by atoms with Gasteiger partial charge in [0.15, 0.2) is 5.69 Å². The molecule has 3 amide bonds. The van der Waals surface area contributed by atoms with Crippen molar-refractivity contribution in [2.45, 2.75) is 32.9 Å². The first-order valence-electron chi connectivity index (χ1n) is 11.6. The van der Waals surface area contributed by atoms with E-state index in [4.69, 9.17) is 16.2 Å². The number of nitrogens with two attached hydrogens (primary N) is 2. The van der Waals surface area contributed by atoms with Gasteiger partial charge in [-0.3, -0.25) is 14.4 Å². The van der Waals surface area contributed by atoms with Crippen LogP contribution in [0, 0.1) is 11.7 Å². The number of rotatable bonds is 11. The largest absolute Gasteiger partial charge is 0.497 e. The van der Waals surface area contributed by atoms with Crippen molar-refractivity contribution in [2.75, 3.05) is 19.4 Å². The minimum Gasteiger partial charge on any atom is -0.497 e. The van der Waals surface area contributed by atoms with Gasteiger partial charge in [0.25, 0.3) is 11.8 Å². The van der Waals surface area contributed by atoms with Crippen molar-refractivity contribution in [3.63, 3.8) is 0 Å². The van der Waals surface area contributed by atoms with Crippen LogP contribution in [0.1, 0.15) is 57.6 Å². The molecule has 37 heavy (non-hydrogen) atoms. The molecule has 0 aliphatic heterocycles. The number of ether oxygens (including phenoxy) is 1. The standard InChI is InChI=1S/C26H30FN5O4S/c1-15(2)12-13-30-25(34)22(17-6-8-18(27)9-7-17)32(14-16-4-10-19(36-3)11-5-16)26(35)23-20(28)21(24(29)33)31-37-23/h4-11,15,22H,12-14,28H2,1-3H3,(H2,29,33)(H,30,34)/t22-/m1/s1. The number of carbonyl (C=O) groups excluding carboxylic acids is 3. The normalized spacial score (nSPS) is 11.7. The predicted molar refractivity (Wildman–Crippen MR) is 140 cm³/mol. The number of anilines is 1. The number of nitrogens with one attached hydrogen (secondary N) is 1. The number of nitrogen functional groups attached to an aromatic ring is 1. The van der Waals surface area contributed by atoms with Crippen LogP contribution in [-0.2, 0) is 11.3 Å². The maximum atomic E-state index is 13.9. The molecule has 0 unspecified atom stereocenters. The highest BCUT2D eigenvalue weighted by atomic mass is 32.1. The molecule has 0 saturated heterocycles. The zero-order valence-corrected chi connectivity index (χ0v) is 21.7. The number of amides is 3. The highest BCUT2D eigenvalue weighted by Gasteiger charge is 2.35. The lowest BCUT2D eigenvalue weighted by atomic mass is 10.0. The molecule has 3 rings (SSSR count). The number of hydrogen-bond donors (Lipinski definition) is 3. The van der Waals surface area contributed by atoms with Crippen molar-refractivity contribution in [3.8, 4) is 5.75 Å². The Morgan fingerprint density at radius 3 is 2.30 bits per heavy atom. The fraction of sp³-hybridized carbons (Fsp3) is 0.308. The van der Waals surface area contributed by atoms with Gasteiger partial charge in [-0.05, 0) is 59.3 Å². The summed E-state index contributed by atoms with van der Waals surface area (Å²) in [5, 5.41) is 2.89. The lowest BCUT2D eigenvalue weighted by Crippen LogP contribution is -2.43. The molecular weight excluding hydrogens is 497 g/mol. The number of nitrogens with zero attached hydrogens (tertiary/aromatic N) is 2. The SMILES string of the molecule is COc1ccc(CN(C(=O)c2snc(C(N)=O)c2N)[C@@H](C(=O)NCCC(C)C)c2ccc(F)cc2)cc1. The molecule has 0 saturated carbocycles. The van der Waals surface area contributed by atoms with Crippen LogP contribution < -0.4 is 21.5 Å². The topological polar surface area (TPSA) is 141 Å². The molecule has 0 spiro atoms. The molecule has 9 nitrogen and oxygen atoms in total. The quantitative estimate of drug-likeness (QED) is 0.349. The second-order valence-electron chi connectivity index (χ2n) is 8.85. The third-order valence-electron chi connectivity index (χ3n) is 5.70. The smallest absolute Gasteiger partial charge is 0.270 e. The molecule has 0 aliphatic rings. The zero-order chi connectivity index (χ0) is 27.1. The van der Waals surface area contributed by atoms with Gasteiger partial charge in [-0.25, -0.2) is 4.39 Å². The van der Waals surface area contributed by atoms with Crippen LogP contribution >= 0.6 is 11.5 Å². The van der Waals surface area contributed by atoms with Crippen molar-refractivity contribution in [2.24, 2.45) is 11.7 Å². The maximum Gasteiger partial charge on any atom is 0.270 e. The van der Waals surface area contributed by atoms with Gasteiger partial charge in [0.1, 0.15) is 22.5 Å². The van der Waals surface area contributed by atoms with Gasteiger partial charge in [-0.1, -0.05) is 38.1 Å². The van der Waals surface area contributed by atoms with E-state index in [9.17, 15) is 18.8 Å². The Morgan fingerprint density at radius 1 is 1.11 bits per heavy atom. The molecule has 3 aromatic rings. The minimum absolute atomic E-state index is 0.00567. The first kappa shape index (κ1) is 27.6. The highest BCUT2D eigenvalue weighted by Crippen LogP contribution is 2.30. The molecule has 5 N–H and O–H groups in total. The van der Waals surface area contributed by atoms with Crippen molar-refractivity contribution in [1.29, 1.82) is 0 Å². The van der Waals surface area contributed by atoms with Gasteiger partial charge in [-0.15, -0.1) is 0 Å². The maximum absolute atomic E-state index is 13.9. The van der Waals surface area contributed by atoms with E-state index in [-0.39, 0.29) is 22.8 Å². The average Bonchev–Trinajstić information content (AvgIpc) is 3.26. The lowest BCUT2D eigenvalue weighted by molar-refractivity contribution is -0.126. The predicted octanol–water partition coefficient (Wildman–Crippen LogP) is 3.52. The summed E-state index contributed by atoms with van der Waals surface area (Å²) in [5.74, 6) is -1.42. The van der Waals surface area contributed by atoms with E-state index in [1.54, 1.807) is 31.4 Å². The van der Waals surface area contributed by atoms with Crippen LogP contribution in [0.25, 0.3) is 0 Å². The molecule has 0 fully saturated rings. The van der Waals surface area contributed by atoms with E-state index in [1.165, 1.54) is 29.2 Å². The average molecular weight is 528 g/mol. The fourth-order valence-corrected chi connectivity index (χ4v) is 4.43. The van der Waals surface area contributed by atoms with Crippen LogP contribution in [0.4, 0.5) is 10.1 Å². The molecule has 2 aromatic carbocycles. The molecular formula is C26H30FN5O4S. The lowest BCUT2D eigenvalue weighted by Gasteiger charge is -2.31. The summed E-state index contributed by atoms with van der Waals surface area (Å²) >= 11 is 0.727. The molecule has 0 aliphatic carbocycles. The number of aromatic nitrogens is 1. The molecule has 0 radical (unpaired) electrons. The summed E-state index contributed by atoms with van der Waals surface area (Å²) in [4.78, 5) is 40.4. The summed E-state index contributed by atoms with van der Waals surface area (Å²) < 4.78 is 22.9. The third-order valence-corrected chi connectivity index (χ3v) is 6.55. The fourth-order valence-electron chi connectivity index (χ4n) is 3.67. The number of benzene rings is 2. The van der Waals surface area contributed by atoms with Crippen molar-refractivity contribution >= 4 is 34.9 Å². The second-order valence-corrected chi connectivity index (χ2v) is 9.62. The molecule has 0 bridgehead atoms. The van der Waals surface area contributed by atoms with Gasteiger partial charge in [0.2, 0.25) is 5.91 Å². The summed E-state index contributed by atoms with van der Waals surface area (Å²) in [6, 6.07) is 11.3. The molecule has 11 heteroatoms. The number of hydrogen-bond acceptors (Lipinski definition) is 7. The van der Waals surface area contributed by atoms with E-state index in [0.29, 0.717) is 29.3 Å². The zero-order valence-electron chi connectivity index (χ0n) is 20.9. The minimum atomic E-state index is -1.12. The van der Waals surface area contributed by atoms with E-state index in [0.717, 1.165) is 18.0 Å². The summed E-state index contributed by atoms with van der Waals surface area (Å²) in [7, 11) is 1.54. The Morgan fingerprint density at radius 2 is 1.76 bits per heavy atom. The third kappa shape index (κ3) is 6.82.